The number of nitrogens with one attached hydrogen (secondary N) is 8. The molecule has 6 heterocycles. The summed E-state index contributed by atoms with van der Waals surface area (Å²) in [4.78, 5) is 111. The third-order valence-corrected chi connectivity index (χ3v) is 13.2. The lowest BCUT2D eigenvalue weighted by Gasteiger charge is -2.10. The van der Waals surface area contributed by atoms with Gasteiger partial charge < -0.3 is 79.7 Å². The summed E-state index contributed by atoms with van der Waals surface area (Å²) >= 11 is 0. The molecule has 25 nitrogen and oxygen atoms in total. The van der Waals surface area contributed by atoms with Crippen LogP contribution in [0, 0.1) is 0 Å². The number of unbranched alkanes of at least 4 members (excludes halogenated alkanes) is 7. The average Bonchev–Trinajstić information content (AvgIpc) is 4.28. The Morgan fingerprint density at radius 1 is 0.425 bits per heavy atom. The van der Waals surface area contributed by atoms with Gasteiger partial charge in [0.1, 0.15) is 28.5 Å². The molecule has 6 rings (SSSR count). The number of aryl methyl sites for hydroxylation is 6. The van der Waals surface area contributed by atoms with Gasteiger partial charge in [0.05, 0.1) is 28.4 Å². The van der Waals surface area contributed by atoms with Gasteiger partial charge in [-0.05, 0) is 97.3 Å². The number of imidazole rings is 1. The first kappa shape index (κ1) is 60.5. The van der Waals surface area contributed by atoms with E-state index in [1.165, 1.54) is 0 Å². The Bertz CT molecular complexity index is 2910. The minimum atomic E-state index is -0.473. The summed E-state index contributed by atoms with van der Waals surface area (Å²) in [6, 6.07) is 7.94. The summed E-state index contributed by atoms with van der Waals surface area (Å²) in [6.45, 7) is 3.61. The van der Waals surface area contributed by atoms with Crippen molar-refractivity contribution in [3.05, 3.63) is 102 Å². The molecule has 0 aliphatic heterocycles. The number of nitrogens with zero attached hydrogens (tertiary/aromatic N) is 9. The van der Waals surface area contributed by atoms with Gasteiger partial charge in [-0.15, -0.1) is 0 Å². The Kier molecular flexibility index (Phi) is 22.2. The molecule has 0 aliphatic carbocycles. The fourth-order valence-electron chi connectivity index (χ4n) is 9.13. The Hall–Kier alpha value is -8.71. The largest absolute Gasteiger partial charge is 0.351 e. The van der Waals surface area contributed by atoms with Gasteiger partial charge in [0.2, 0.25) is 18.6 Å². The summed E-state index contributed by atoms with van der Waals surface area (Å²) in [5.41, 5.74) is 3.77. The molecule has 0 saturated carbocycles. The van der Waals surface area contributed by atoms with Gasteiger partial charge in [-0.2, -0.15) is 0 Å². The highest BCUT2D eigenvalue weighted by atomic mass is 16.2. The predicted molar refractivity (Wildman–Crippen MR) is 307 cm³/mol. The molecule has 0 radical (unpaired) electrons. The van der Waals surface area contributed by atoms with Crippen molar-refractivity contribution in [3.8, 4) is 0 Å². The van der Waals surface area contributed by atoms with Gasteiger partial charge in [-0.25, -0.2) is 4.98 Å². The lowest BCUT2D eigenvalue weighted by atomic mass is 10.1. The summed E-state index contributed by atoms with van der Waals surface area (Å²) in [5, 5.41) is 22.4. The van der Waals surface area contributed by atoms with E-state index in [-0.39, 0.29) is 29.2 Å². The van der Waals surface area contributed by atoms with Crippen molar-refractivity contribution in [3.63, 3.8) is 0 Å². The molecule has 8 amide bonds. The molecule has 0 unspecified atom stereocenters. The van der Waals surface area contributed by atoms with Crippen LogP contribution in [-0.2, 0) is 50.9 Å². The topological polar surface area (TPSA) is 282 Å². The second kappa shape index (κ2) is 29.3. The van der Waals surface area contributed by atoms with E-state index in [9.17, 15) is 38.4 Å². The Balaban J connectivity index is 1.03. The van der Waals surface area contributed by atoms with Crippen LogP contribution in [-0.4, -0.2) is 145 Å². The Morgan fingerprint density at radius 3 is 1.24 bits per heavy atom. The first-order valence-electron chi connectivity index (χ1n) is 26.8. The van der Waals surface area contributed by atoms with Crippen LogP contribution in [0.2, 0.25) is 0 Å². The maximum atomic E-state index is 13.9. The third kappa shape index (κ3) is 17.4. The molecule has 8 N–H and O–H groups in total. The van der Waals surface area contributed by atoms with Crippen LogP contribution in [0.15, 0.2) is 67.5 Å². The van der Waals surface area contributed by atoms with Crippen LogP contribution < -0.4 is 42.5 Å². The monoisotopic (exact) mass is 1100 g/mol. The number of aromatic nitrogens is 7. The maximum absolute atomic E-state index is 13.9. The highest BCUT2D eigenvalue weighted by Gasteiger charge is 2.23. The molecule has 25 heteroatoms. The lowest BCUT2D eigenvalue weighted by Crippen LogP contribution is -2.29. The molecule has 80 heavy (non-hydrogen) atoms. The van der Waals surface area contributed by atoms with E-state index in [4.69, 9.17) is 0 Å². The number of amides is 8. The van der Waals surface area contributed by atoms with Crippen molar-refractivity contribution in [1.82, 2.24) is 52.8 Å². The predicted octanol–water partition coefficient (Wildman–Crippen LogP) is 5.37. The summed E-state index contributed by atoms with van der Waals surface area (Å²) in [6.07, 6.45) is 19.7. The van der Waals surface area contributed by atoms with Crippen LogP contribution in [0.25, 0.3) is 0 Å². The highest BCUT2D eigenvalue weighted by Crippen LogP contribution is 2.24. The Morgan fingerprint density at radius 2 is 0.787 bits per heavy atom. The van der Waals surface area contributed by atoms with E-state index in [0.29, 0.717) is 90.2 Å². The van der Waals surface area contributed by atoms with Crippen LogP contribution in [0.5, 0.6) is 0 Å². The molecule has 6 aromatic rings. The molecular formula is C55H77N17O8. The van der Waals surface area contributed by atoms with Crippen molar-refractivity contribution in [2.75, 3.05) is 86.3 Å². The second-order valence-corrected chi connectivity index (χ2v) is 20.3. The molecule has 0 aliphatic rings. The molecule has 0 fully saturated rings. The van der Waals surface area contributed by atoms with E-state index < -0.39 is 23.6 Å². The van der Waals surface area contributed by atoms with E-state index in [2.05, 4.69) is 47.5 Å². The van der Waals surface area contributed by atoms with Crippen LogP contribution in [0.3, 0.4) is 0 Å². The molecule has 0 spiro atoms. The zero-order chi connectivity index (χ0) is 57.9. The van der Waals surface area contributed by atoms with Crippen molar-refractivity contribution >= 4 is 82.5 Å². The van der Waals surface area contributed by atoms with E-state index in [1.807, 2.05) is 42.6 Å². The molecule has 430 valence electrons. The molecule has 0 aromatic carbocycles. The summed E-state index contributed by atoms with van der Waals surface area (Å²) in [7, 11) is 14.7. The van der Waals surface area contributed by atoms with Crippen LogP contribution in [0.1, 0.15) is 127 Å². The smallest absolute Gasteiger partial charge is 0.287 e. The van der Waals surface area contributed by atoms with E-state index in [1.54, 1.807) is 119 Å². The molecule has 6 aromatic heterocycles. The lowest BCUT2D eigenvalue weighted by molar-refractivity contribution is -0.106. The zero-order valence-corrected chi connectivity index (χ0v) is 47.1. The van der Waals surface area contributed by atoms with Crippen molar-refractivity contribution in [2.24, 2.45) is 28.2 Å². The number of hydrogen-bond acceptors (Lipinski definition) is 11. The normalized spacial score (nSPS) is 11.2. The van der Waals surface area contributed by atoms with Gasteiger partial charge in [0.25, 0.3) is 35.4 Å². The van der Waals surface area contributed by atoms with Crippen LogP contribution in [0.4, 0.5) is 34.3 Å². The average molecular weight is 1100 g/mol. The standard InChI is InChI=1S/C55H77N17O8/c1-65(2)21-17-19-56-50(75)43-27-40(32-69(43)7)60-53(78)46-28-41(61-51(76)44-25-38(58-36-73)30-67(44)5)33-71(46)23-15-13-11-9-10-12-14-16-24-72-34-42(62-52(77)45-26-39(59-37-74)31-68(45)6)29-47(72)54(79)64-48-35-70(8)49(63-48)55(80)57-20-18-22-66(3)4/h25-37H,9-24H2,1-8H3,(H,56,75)(H,57,80)(H,58,73)(H,59,74)(H,60,78)(H,61,76)(H,62,77)(H,64,79). The van der Waals surface area contributed by atoms with Gasteiger partial charge in [0.15, 0.2) is 5.82 Å². The van der Waals surface area contributed by atoms with Crippen molar-refractivity contribution in [2.45, 2.75) is 77.3 Å². The quantitative estimate of drug-likeness (QED) is 0.0192. The van der Waals surface area contributed by atoms with Gasteiger partial charge >= 0.3 is 0 Å². The summed E-state index contributed by atoms with van der Waals surface area (Å²) < 4.78 is 10.00. The molecule has 0 saturated heterocycles. The number of carbonyl (C=O) groups is 8. The first-order valence-corrected chi connectivity index (χ1v) is 26.8. The fraction of sp³-hybridized carbons (Fsp3) is 0.436. The number of carbonyl (C=O) groups excluding carboxylic acids is 8. The zero-order valence-electron chi connectivity index (χ0n) is 47.1. The minimum Gasteiger partial charge on any atom is -0.351 e. The SMILES string of the molecule is CN(C)CCCNC(=O)c1cc(NC(=O)c2cc(NC(=O)c3cc(NC=O)cn3C)cn2CCCCCCCCCCn2cc(NC(=O)c3cc(NC=O)cn3C)cc2C(=O)Nc2cn(C)c(C(=O)NCCCN(C)C)n2)cn1C. The minimum absolute atomic E-state index is 0.148. The molecule has 0 bridgehead atoms. The second-order valence-electron chi connectivity index (χ2n) is 20.3. The van der Waals surface area contributed by atoms with Gasteiger partial charge in [-0.3, -0.25) is 38.4 Å². The van der Waals surface area contributed by atoms with E-state index in [0.717, 1.165) is 77.3 Å². The third-order valence-electron chi connectivity index (χ3n) is 13.2. The molecular weight excluding hydrogens is 1030 g/mol. The highest BCUT2D eigenvalue weighted by molar-refractivity contribution is 6.09. The Labute approximate surface area is 465 Å². The molecule has 0 atom stereocenters. The number of anilines is 6. The van der Waals surface area contributed by atoms with Gasteiger partial charge in [-0.1, -0.05) is 38.5 Å². The van der Waals surface area contributed by atoms with E-state index >= 15 is 0 Å². The van der Waals surface area contributed by atoms with Gasteiger partial charge in [0, 0.05) is 91.6 Å². The fourth-order valence-corrected chi connectivity index (χ4v) is 9.13. The van der Waals surface area contributed by atoms with Crippen LogP contribution >= 0.6 is 0 Å². The maximum Gasteiger partial charge on any atom is 0.287 e. The first-order chi connectivity index (χ1) is 38.3. The van der Waals surface area contributed by atoms with Crippen molar-refractivity contribution < 1.29 is 38.4 Å². The van der Waals surface area contributed by atoms with Crippen molar-refractivity contribution in [1.29, 1.82) is 0 Å². The summed E-state index contributed by atoms with van der Waals surface area (Å²) in [5.74, 6) is -2.01. The number of hydrogen-bond donors (Lipinski definition) is 8. The number of rotatable bonds is 33.